The van der Waals surface area contributed by atoms with Crippen molar-refractivity contribution in [1.82, 2.24) is 10.2 Å². The van der Waals surface area contributed by atoms with E-state index in [1.807, 2.05) is 0 Å². The first kappa shape index (κ1) is 16.5. The van der Waals surface area contributed by atoms with Gasteiger partial charge in [-0.25, -0.2) is 0 Å². The number of nitrogens with zero attached hydrogens (tertiary/aromatic N) is 1. The van der Waals surface area contributed by atoms with Crippen LogP contribution in [0.3, 0.4) is 0 Å². The highest BCUT2D eigenvalue weighted by Crippen LogP contribution is 2.25. The first-order valence-electron chi connectivity index (χ1n) is 7.78. The Morgan fingerprint density at radius 1 is 1.32 bits per heavy atom. The van der Waals surface area contributed by atoms with Crippen LogP contribution in [0.4, 0.5) is 0 Å². The van der Waals surface area contributed by atoms with Crippen LogP contribution in [0, 0.1) is 0 Å². The van der Waals surface area contributed by atoms with Gasteiger partial charge in [-0.2, -0.15) is 0 Å². The molecule has 3 nitrogen and oxygen atoms in total. The van der Waals surface area contributed by atoms with Crippen molar-refractivity contribution in [3.63, 3.8) is 0 Å². The average molecular weight is 268 g/mol. The monoisotopic (exact) mass is 268 g/mol. The first-order chi connectivity index (χ1) is 8.97. The molecule has 0 aromatic rings. The molecule has 1 aliphatic rings. The van der Waals surface area contributed by atoms with Crippen molar-refractivity contribution in [2.24, 2.45) is 0 Å². The molecule has 0 radical (unpaired) electrons. The molecule has 0 saturated carbocycles. The van der Waals surface area contributed by atoms with Gasteiger partial charge < -0.3 is 15.0 Å². The van der Waals surface area contributed by atoms with Gasteiger partial charge >= 0.3 is 0 Å². The standard InChI is InChI=1S/C16H32N2O/c1-7-13(5)16(19-12(3)4)15-10-9-14(17-15)11-18(6)8-2/h12,14-15,17H,7-11H2,1-6H3/b16-13+. The van der Waals surface area contributed by atoms with Gasteiger partial charge in [0, 0.05) is 12.6 Å². The smallest absolute Gasteiger partial charge is 0.112 e. The van der Waals surface area contributed by atoms with Crippen molar-refractivity contribution in [2.75, 3.05) is 20.1 Å². The Bertz CT molecular complexity index is 299. The summed E-state index contributed by atoms with van der Waals surface area (Å²) < 4.78 is 6.07. The van der Waals surface area contributed by atoms with Gasteiger partial charge in [-0.1, -0.05) is 13.8 Å². The second kappa shape index (κ2) is 7.91. The molecule has 19 heavy (non-hydrogen) atoms. The molecule has 0 amide bonds. The Labute approximate surface area is 119 Å². The maximum atomic E-state index is 6.07. The molecule has 1 heterocycles. The minimum absolute atomic E-state index is 0.260. The predicted molar refractivity (Wildman–Crippen MR) is 82.3 cm³/mol. The van der Waals surface area contributed by atoms with E-state index in [1.54, 1.807) is 0 Å². The summed E-state index contributed by atoms with van der Waals surface area (Å²) in [6, 6.07) is 1.02. The molecule has 2 atom stereocenters. The van der Waals surface area contributed by atoms with Gasteiger partial charge in [0.25, 0.3) is 0 Å². The maximum Gasteiger partial charge on any atom is 0.112 e. The molecule has 1 aliphatic heterocycles. The minimum atomic E-state index is 0.260. The third kappa shape index (κ3) is 5.15. The van der Waals surface area contributed by atoms with E-state index in [9.17, 15) is 0 Å². The summed E-state index contributed by atoms with van der Waals surface area (Å²) in [5, 5.41) is 3.75. The third-order valence-electron chi connectivity index (χ3n) is 3.94. The second-order valence-corrected chi connectivity index (χ2v) is 6.01. The van der Waals surface area contributed by atoms with E-state index in [2.05, 4.69) is 51.9 Å². The second-order valence-electron chi connectivity index (χ2n) is 6.01. The number of allylic oxidation sites excluding steroid dienone is 1. The molecule has 3 heteroatoms. The van der Waals surface area contributed by atoms with Gasteiger partial charge in [0.2, 0.25) is 0 Å². The highest BCUT2D eigenvalue weighted by molar-refractivity contribution is 5.15. The lowest BCUT2D eigenvalue weighted by Crippen LogP contribution is -2.39. The van der Waals surface area contributed by atoms with Crippen LogP contribution in [-0.4, -0.2) is 43.2 Å². The number of likely N-dealkylation sites (N-methyl/N-ethyl adjacent to an activating group) is 1. The zero-order chi connectivity index (χ0) is 14.4. The summed E-state index contributed by atoms with van der Waals surface area (Å²) in [6.45, 7) is 13.1. The fourth-order valence-corrected chi connectivity index (χ4v) is 2.58. The number of hydrogen-bond acceptors (Lipinski definition) is 3. The Kier molecular flexibility index (Phi) is 6.87. The van der Waals surface area contributed by atoms with Crippen LogP contribution in [0.2, 0.25) is 0 Å². The number of hydrogen-bond donors (Lipinski definition) is 1. The summed E-state index contributed by atoms with van der Waals surface area (Å²) in [6.07, 6.45) is 3.77. The summed E-state index contributed by atoms with van der Waals surface area (Å²) in [4.78, 5) is 2.37. The maximum absolute atomic E-state index is 6.07. The summed E-state index contributed by atoms with van der Waals surface area (Å²) in [7, 11) is 2.19. The van der Waals surface area contributed by atoms with E-state index in [1.165, 1.54) is 24.2 Å². The molecule has 0 aromatic carbocycles. The van der Waals surface area contributed by atoms with Crippen LogP contribution < -0.4 is 5.32 Å². The van der Waals surface area contributed by atoms with E-state index in [0.717, 1.165) is 19.5 Å². The van der Waals surface area contributed by atoms with Crippen LogP contribution in [-0.2, 0) is 4.74 Å². The quantitative estimate of drug-likeness (QED) is 0.718. The number of ether oxygens (including phenoxy) is 1. The molecule has 112 valence electrons. The van der Waals surface area contributed by atoms with Gasteiger partial charge in [-0.3, -0.25) is 0 Å². The van der Waals surface area contributed by atoms with E-state index < -0.39 is 0 Å². The van der Waals surface area contributed by atoms with Crippen molar-refractivity contribution < 1.29 is 4.74 Å². The Balaban J connectivity index is 2.63. The molecule has 2 unspecified atom stereocenters. The van der Waals surface area contributed by atoms with Gasteiger partial charge in [-0.15, -0.1) is 0 Å². The SMILES string of the molecule is CC/C(C)=C(/OC(C)C)C1CCC(CN(C)CC)N1. The van der Waals surface area contributed by atoms with Crippen molar-refractivity contribution >= 4 is 0 Å². The van der Waals surface area contributed by atoms with Crippen LogP contribution in [0.1, 0.15) is 53.9 Å². The van der Waals surface area contributed by atoms with E-state index in [4.69, 9.17) is 4.74 Å². The highest BCUT2D eigenvalue weighted by atomic mass is 16.5. The lowest BCUT2D eigenvalue weighted by Gasteiger charge is -2.24. The van der Waals surface area contributed by atoms with Crippen LogP contribution in [0.15, 0.2) is 11.3 Å². The van der Waals surface area contributed by atoms with E-state index in [0.29, 0.717) is 12.1 Å². The number of rotatable bonds is 7. The summed E-state index contributed by atoms with van der Waals surface area (Å²) in [5.74, 6) is 1.19. The van der Waals surface area contributed by atoms with E-state index in [-0.39, 0.29) is 6.10 Å². The molecular weight excluding hydrogens is 236 g/mol. The van der Waals surface area contributed by atoms with Gasteiger partial charge in [-0.05, 0) is 59.2 Å². The molecule has 1 saturated heterocycles. The van der Waals surface area contributed by atoms with Crippen molar-refractivity contribution in [3.8, 4) is 0 Å². The lowest BCUT2D eigenvalue weighted by atomic mass is 10.1. The third-order valence-corrected chi connectivity index (χ3v) is 3.94. The average Bonchev–Trinajstić information content (AvgIpc) is 2.82. The summed E-state index contributed by atoms with van der Waals surface area (Å²) in [5.41, 5.74) is 1.38. The van der Waals surface area contributed by atoms with Gasteiger partial charge in [0.1, 0.15) is 5.76 Å². The Hall–Kier alpha value is -0.540. The van der Waals surface area contributed by atoms with E-state index >= 15 is 0 Å². The van der Waals surface area contributed by atoms with Crippen molar-refractivity contribution in [2.45, 2.75) is 72.1 Å². The van der Waals surface area contributed by atoms with Gasteiger partial charge in [0.15, 0.2) is 0 Å². The summed E-state index contributed by atoms with van der Waals surface area (Å²) >= 11 is 0. The zero-order valence-corrected chi connectivity index (χ0v) is 13.6. The zero-order valence-electron chi connectivity index (χ0n) is 13.6. The first-order valence-corrected chi connectivity index (χ1v) is 7.78. The molecule has 0 spiro atoms. The Morgan fingerprint density at radius 3 is 2.53 bits per heavy atom. The fraction of sp³-hybridized carbons (Fsp3) is 0.875. The predicted octanol–water partition coefficient (Wildman–Crippen LogP) is 3.17. The molecular formula is C16H32N2O. The Morgan fingerprint density at radius 2 is 2.00 bits per heavy atom. The number of nitrogens with one attached hydrogen (secondary N) is 1. The van der Waals surface area contributed by atoms with Gasteiger partial charge in [0.05, 0.1) is 12.1 Å². The van der Waals surface area contributed by atoms with Crippen LogP contribution >= 0.6 is 0 Å². The molecule has 1 N–H and O–H groups in total. The highest BCUT2D eigenvalue weighted by Gasteiger charge is 2.29. The minimum Gasteiger partial charge on any atom is -0.494 e. The molecule has 0 aromatic heterocycles. The topological polar surface area (TPSA) is 24.5 Å². The molecule has 0 aliphatic carbocycles. The van der Waals surface area contributed by atoms with Crippen LogP contribution in [0.5, 0.6) is 0 Å². The molecule has 1 rings (SSSR count). The lowest BCUT2D eigenvalue weighted by molar-refractivity contribution is 0.125. The van der Waals surface area contributed by atoms with Crippen molar-refractivity contribution in [1.29, 1.82) is 0 Å². The van der Waals surface area contributed by atoms with Crippen LogP contribution in [0.25, 0.3) is 0 Å². The van der Waals surface area contributed by atoms with Crippen molar-refractivity contribution in [3.05, 3.63) is 11.3 Å². The molecule has 1 fully saturated rings. The molecule has 0 bridgehead atoms. The largest absolute Gasteiger partial charge is 0.494 e. The fourth-order valence-electron chi connectivity index (χ4n) is 2.58. The normalized spacial score (nSPS) is 25.1.